The zero-order valence-electron chi connectivity index (χ0n) is 9.45. The molecule has 0 aliphatic carbocycles. The van der Waals surface area contributed by atoms with Gasteiger partial charge in [0.15, 0.2) is 0 Å². The average Bonchev–Trinajstić information content (AvgIpc) is 2.40. The molecule has 0 aliphatic rings. The SMILES string of the molecule is O=S(/C=C/c1ccccc1)Oc1ccc(Cl)cc1. The average molecular weight is 279 g/mol. The summed E-state index contributed by atoms with van der Waals surface area (Å²) in [6, 6.07) is 16.4. The molecule has 0 saturated carbocycles. The van der Waals surface area contributed by atoms with Crippen LogP contribution in [0.2, 0.25) is 5.02 Å². The molecule has 2 rings (SSSR count). The minimum Gasteiger partial charge on any atom is -0.397 e. The molecule has 1 atom stereocenters. The quantitative estimate of drug-likeness (QED) is 0.843. The summed E-state index contributed by atoms with van der Waals surface area (Å²) in [5.41, 5.74) is 0.977. The molecule has 0 amide bonds. The van der Waals surface area contributed by atoms with Crippen molar-refractivity contribution in [2.24, 2.45) is 0 Å². The molecule has 0 spiro atoms. The van der Waals surface area contributed by atoms with Gasteiger partial charge in [-0.05, 0) is 35.9 Å². The Labute approximate surface area is 114 Å². The van der Waals surface area contributed by atoms with Gasteiger partial charge in [-0.2, -0.15) is 0 Å². The van der Waals surface area contributed by atoms with Crippen molar-refractivity contribution in [2.45, 2.75) is 0 Å². The fraction of sp³-hybridized carbons (Fsp3) is 0. The minimum atomic E-state index is -1.50. The number of halogens is 1. The van der Waals surface area contributed by atoms with Crippen molar-refractivity contribution in [2.75, 3.05) is 0 Å². The molecule has 0 aliphatic heterocycles. The van der Waals surface area contributed by atoms with E-state index in [1.54, 1.807) is 30.3 Å². The molecule has 4 heteroatoms. The maximum Gasteiger partial charge on any atom is 0.233 e. The second kappa shape index (κ2) is 6.38. The van der Waals surface area contributed by atoms with Crippen LogP contribution in [-0.2, 0) is 11.1 Å². The Kier molecular flexibility index (Phi) is 4.56. The third-order valence-corrected chi connectivity index (χ3v) is 3.13. The molecule has 0 radical (unpaired) electrons. The van der Waals surface area contributed by atoms with Gasteiger partial charge in [0.05, 0.1) is 0 Å². The highest BCUT2D eigenvalue weighted by Crippen LogP contribution is 2.16. The first-order valence-corrected chi connectivity index (χ1v) is 6.83. The van der Waals surface area contributed by atoms with E-state index < -0.39 is 11.1 Å². The lowest BCUT2D eigenvalue weighted by atomic mass is 10.2. The molecule has 92 valence electrons. The third-order valence-electron chi connectivity index (χ3n) is 2.16. The van der Waals surface area contributed by atoms with E-state index in [9.17, 15) is 4.21 Å². The van der Waals surface area contributed by atoms with Gasteiger partial charge in [-0.1, -0.05) is 41.9 Å². The zero-order chi connectivity index (χ0) is 12.8. The summed E-state index contributed by atoms with van der Waals surface area (Å²) in [6.07, 6.45) is 1.76. The van der Waals surface area contributed by atoms with Gasteiger partial charge in [0.2, 0.25) is 11.1 Å². The van der Waals surface area contributed by atoms with Crippen LogP contribution >= 0.6 is 11.6 Å². The maximum atomic E-state index is 11.6. The first-order chi connectivity index (χ1) is 8.74. The minimum absolute atomic E-state index is 0.524. The maximum absolute atomic E-state index is 11.6. The van der Waals surface area contributed by atoms with Crippen molar-refractivity contribution in [3.05, 3.63) is 70.6 Å². The summed E-state index contributed by atoms with van der Waals surface area (Å²) in [7, 11) is 0. The molecule has 2 aromatic carbocycles. The molecular formula is C14H11ClO2S. The van der Waals surface area contributed by atoms with Crippen LogP contribution in [0.15, 0.2) is 60.0 Å². The molecule has 18 heavy (non-hydrogen) atoms. The van der Waals surface area contributed by atoms with E-state index in [-0.39, 0.29) is 0 Å². The number of benzene rings is 2. The summed E-state index contributed by atoms with van der Waals surface area (Å²) >= 11 is 4.24. The second-order valence-corrected chi connectivity index (χ2v) is 4.91. The van der Waals surface area contributed by atoms with Crippen LogP contribution in [0, 0.1) is 0 Å². The van der Waals surface area contributed by atoms with Gasteiger partial charge in [0.25, 0.3) is 0 Å². The predicted molar refractivity (Wildman–Crippen MR) is 75.7 cm³/mol. The molecule has 0 aromatic heterocycles. The first kappa shape index (κ1) is 12.9. The molecule has 0 saturated heterocycles. The van der Waals surface area contributed by atoms with E-state index in [1.807, 2.05) is 30.3 Å². The van der Waals surface area contributed by atoms with Gasteiger partial charge < -0.3 is 4.18 Å². The number of rotatable bonds is 4. The Morgan fingerprint density at radius 2 is 1.67 bits per heavy atom. The topological polar surface area (TPSA) is 26.3 Å². The van der Waals surface area contributed by atoms with E-state index in [4.69, 9.17) is 15.8 Å². The van der Waals surface area contributed by atoms with Gasteiger partial charge in [0.1, 0.15) is 5.75 Å². The lowest BCUT2D eigenvalue weighted by molar-refractivity contribution is 0.571. The highest BCUT2D eigenvalue weighted by molar-refractivity contribution is 7.83. The number of hydrogen-bond acceptors (Lipinski definition) is 2. The Balaban J connectivity index is 1.97. The normalized spacial score (nSPS) is 12.5. The molecule has 0 fully saturated rings. The van der Waals surface area contributed by atoms with E-state index in [1.165, 1.54) is 5.41 Å². The Bertz CT molecular complexity index is 550. The fourth-order valence-electron chi connectivity index (χ4n) is 1.31. The van der Waals surface area contributed by atoms with Crippen molar-refractivity contribution >= 4 is 28.8 Å². The van der Waals surface area contributed by atoms with Gasteiger partial charge in [-0.15, -0.1) is 0 Å². The molecule has 1 unspecified atom stereocenters. The lowest BCUT2D eigenvalue weighted by Crippen LogP contribution is -1.95. The molecule has 0 N–H and O–H groups in total. The van der Waals surface area contributed by atoms with Crippen LogP contribution in [0.5, 0.6) is 5.75 Å². The summed E-state index contributed by atoms with van der Waals surface area (Å²) in [4.78, 5) is 0. The second-order valence-electron chi connectivity index (χ2n) is 3.51. The van der Waals surface area contributed by atoms with Gasteiger partial charge in [-0.25, -0.2) is 4.21 Å². The zero-order valence-corrected chi connectivity index (χ0v) is 11.0. The highest BCUT2D eigenvalue weighted by Gasteiger charge is 1.98. The van der Waals surface area contributed by atoms with E-state index in [0.29, 0.717) is 10.8 Å². The van der Waals surface area contributed by atoms with Crippen LogP contribution in [0.4, 0.5) is 0 Å². The van der Waals surface area contributed by atoms with Crippen molar-refractivity contribution in [3.8, 4) is 5.75 Å². The lowest BCUT2D eigenvalue weighted by Gasteiger charge is -2.00. The van der Waals surface area contributed by atoms with Crippen molar-refractivity contribution in [1.82, 2.24) is 0 Å². The summed E-state index contributed by atoms with van der Waals surface area (Å²) < 4.78 is 16.9. The van der Waals surface area contributed by atoms with Crippen molar-refractivity contribution in [3.63, 3.8) is 0 Å². The smallest absolute Gasteiger partial charge is 0.233 e. The molecule has 0 heterocycles. The molecular weight excluding hydrogens is 268 g/mol. The van der Waals surface area contributed by atoms with Crippen LogP contribution in [0.1, 0.15) is 5.56 Å². The standard InChI is InChI=1S/C14H11ClO2S/c15-13-6-8-14(9-7-13)17-18(16)11-10-12-4-2-1-3-5-12/h1-11H/b11-10+. The van der Waals surface area contributed by atoms with Crippen molar-refractivity contribution in [1.29, 1.82) is 0 Å². The van der Waals surface area contributed by atoms with E-state index >= 15 is 0 Å². The van der Waals surface area contributed by atoms with E-state index in [0.717, 1.165) is 5.56 Å². The van der Waals surface area contributed by atoms with Crippen molar-refractivity contribution < 1.29 is 8.39 Å². The summed E-state index contributed by atoms with van der Waals surface area (Å²) in [6.45, 7) is 0. The van der Waals surface area contributed by atoms with Crippen LogP contribution in [0.25, 0.3) is 6.08 Å². The number of hydrogen-bond donors (Lipinski definition) is 0. The Morgan fingerprint density at radius 3 is 2.33 bits per heavy atom. The molecule has 0 bridgehead atoms. The third kappa shape index (κ3) is 4.02. The van der Waals surface area contributed by atoms with Gasteiger partial charge in [0, 0.05) is 10.4 Å². The van der Waals surface area contributed by atoms with Gasteiger partial charge >= 0.3 is 0 Å². The first-order valence-electron chi connectivity index (χ1n) is 5.32. The molecule has 2 nitrogen and oxygen atoms in total. The Morgan fingerprint density at radius 1 is 1.00 bits per heavy atom. The van der Waals surface area contributed by atoms with Crippen LogP contribution in [0.3, 0.4) is 0 Å². The predicted octanol–water partition coefficient (Wildman–Crippen LogP) is 4.05. The monoisotopic (exact) mass is 278 g/mol. The van der Waals surface area contributed by atoms with Gasteiger partial charge in [-0.3, -0.25) is 0 Å². The summed E-state index contributed by atoms with van der Waals surface area (Å²) in [5.74, 6) is 0.524. The Hall–Kier alpha value is -1.58. The van der Waals surface area contributed by atoms with Crippen LogP contribution < -0.4 is 4.18 Å². The van der Waals surface area contributed by atoms with E-state index in [2.05, 4.69) is 0 Å². The summed E-state index contributed by atoms with van der Waals surface area (Å²) in [5, 5.41) is 2.12. The fourth-order valence-corrected chi connectivity index (χ4v) is 2.06. The largest absolute Gasteiger partial charge is 0.397 e. The van der Waals surface area contributed by atoms with Crippen LogP contribution in [-0.4, -0.2) is 4.21 Å². The molecule has 2 aromatic rings. The highest BCUT2D eigenvalue weighted by atomic mass is 35.5.